The van der Waals surface area contributed by atoms with Crippen LogP contribution in [0, 0.1) is 5.82 Å². The van der Waals surface area contributed by atoms with Gasteiger partial charge in [-0.15, -0.1) is 0 Å². The van der Waals surface area contributed by atoms with E-state index in [2.05, 4.69) is 30.9 Å². The zero-order valence-electron chi connectivity index (χ0n) is 15.5. The molecule has 0 atom stereocenters. The van der Waals surface area contributed by atoms with Crippen LogP contribution in [0.25, 0.3) is 22.2 Å². The molecule has 30 heavy (non-hydrogen) atoms. The summed E-state index contributed by atoms with van der Waals surface area (Å²) in [4.78, 5) is 11.9. The number of nitrogens with zero attached hydrogens (tertiary/aromatic N) is 4. The van der Waals surface area contributed by atoms with E-state index in [1.165, 1.54) is 18.5 Å². The summed E-state index contributed by atoms with van der Waals surface area (Å²) in [5.74, 6) is -0.984. The van der Waals surface area contributed by atoms with Crippen LogP contribution in [0.2, 0.25) is 5.15 Å². The highest BCUT2D eigenvalue weighted by atomic mass is 79.9. The maximum atomic E-state index is 15.4. The number of nitrogens with two attached hydrogens (primary N) is 1. The average molecular weight is 511 g/mol. The maximum absolute atomic E-state index is 15.4. The number of fused-ring (bicyclic) bond motifs is 1. The molecule has 2 N–H and O–H groups in total. The number of benzene rings is 1. The second-order valence-electron chi connectivity index (χ2n) is 6.59. The molecular weight excluding hydrogens is 497 g/mol. The molecule has 0 saturated heterocycles. The van der Waals surface area contributed by atoms with Gasteiger partial charge in [0, 0.05) is 36.1 Å². The lowest BCUT2D eigenvalue weighted by Crippen LogP contribution is -2.08. The molecule has 0 radical (unpaired) electrons. The molecule has 11 heteroatoms. The van der Waals surface area contributed by atoms with Gasteiger partial charge in [-0.05, 0) is 22.0 Å². The first-order valence-electron chi connectivity index (χ1n) is 8.56. The first kappa shape index (κ1) is 20.7. The minimum atomic E-state index is -3.87. The zero-order valence-corrected chi connectivity index (χ0v) is 18.6. The van der Waals surface area contributed by atoms with Crippen molar-refractivity contribution in [3.8, 4) is 11.1 Å². The van der Waals surface area contributed by atoms with Crippen LogP contribution >= 0.6 is 27.5 Å². The van der Waals surface area contributed by atoms with Crippen molar-refractivity contribution in [3.63, 3.8) is 0 Å². The van der Waals surface area contributed by atoms with E-state index < -0.39 is 21.4 Å². The lowest BCUT2D eigenvalue weighted by molar-refractivity contribution is 0.587. The highest BCUT2D eigenvalue weighted by Crippen LogP contribution is 2.35. The number of rotatable bonds is 4. The van der Waals surface area contributed by atoms with Crippen molar-refractivity contribution in [1.29, 1.82) is 0 Å². The van der Waals surface area contributed by atoms with Crippen molar-refractivity contribution in [2.24, 2.45) is 7.05 Å². The molecule has 0 spiro atoms. The van der Waals surface area contributed by atoms with Crippen LogP contribution in [0.1, 0.15) is 5.56 Å². The van der Waals surface area contributed by atoms with E-state index in [0.29, 0.717) is 21.1 Å². The first-order valence-corrected chi connectivity index (χ1v) is 11.4. The predicted molar refractivity (Wildman–Crippen MR) is 116 cm³/mol. The van der Waals surface area contributed by atoms with Gasteiger partial charge in [-0.3, -0.25) is 0 Å². The van der Waals surface area contributed by atoms with E-state index in [1.54, 1.807) is 29.9 Å². The molecule has 0 amide bonds. The lowest BCUT2D eigenvalue weighted by Gasteiger charge is -2.10. The number of aryl methyl sites for hydroxylation is 1. The molecule has 0 saturated carbocycles. The summed E-state index contributed by atoms with van der Waals surface area (Å²) in [6.45, 7) is 0. The second kappa shape index (κ2) is 7.60. The third kappa shape index (κ3) is 3.55. The van der Waals surface area contributed by atoms with Crippen LogP contribution in [0.4, 0.5) is 10.2 Å². The quantitative estimate of drug-likeness (QED) is 0.414. The van der Waals surface area contributed by atoms with Crippen molar-refractivity contribution < 1.29 is 12.8 Å². The van der Waals surface area contributed by atoms with Crippen molar-refractivity contribution in [3.05, 3.63) is 64.0 Å². The number of hydrogen-bond donors (Lipinski definition) is 1. The van der Waals surface area contributed by atoms with Gasteiger partial charge in [0.15, 0.2) is 9.84 Å². The van der Waals surface area contributed by atoms with Gasteiger partial charge in [-0.25, -0.2) is 27.8 Å². The Morgan fingerprint density at radius 2 is 2.00 bits per heavy atom. The molecule has 4 aromatic rings. The fourth-order valence-electron chi connectivity index (χ4n) is 3.20. The van der Waals surface area contributed by atoms with Gasteiger partial charge in [0.1, 0.15) is 28.8 Å². The van der Waals surface area contributed by atoms with Crippen molar-refractivity contribution in [2.75, 3.05) is 5.73 Å². The fraction of sp³-hybridized carbons (Fsp3) is 0.105. The average Bonchev–Trinajstić information content (AvgIpc) is 3.03. The molecule has 0 aliphatic carbocycles. The molecule has 1 aromatic carbocycles. The van der Waals surface area contributed by atoms with E-state index in [1.807, 2.05) is 0 Å². The molecule has 3 aromatic heterocycles. The van der Waals surface area contributed by atoms with E-state index in [9.17, 15) is 8.42 Å². The van der Waals surface area contributed by atoms with Crippen LogP contribution in [0.3, 0.4) is 0 Å². The standard InChI is InChI=1S/C19H14BrClFN5O2S/c1-27-7-13(15-18(23)25-9-26-19(15)27)12-4-2-3-10(16(12)22)8-30(28,29)11-5-14(20)17(21)24-6-11/h2-7,9H,8H2,1H3,(H2,23,25,26). The van der Waals surface area contributed by atoms with Crippen LogP contribution in [0.15, 0.2) is 52.4 Å². The topological polar surface area (TPSA) is 104 Å². The van der Waals surface area contributed by atoms with E-state index in [4.69, 9.17) is 17.3 Å². The first-order chi connectivity index (χ1) is 14.2. The van der Waals surface area contributed by atoms with E-state index in [-0.39, 0.29) is 27.0 Å². The number of pyridine rings is 1. The fourth-order valence-corrected chi connectivity index (χ4v) is 5.11. The summed E-state index contributed by atoms with van der Waals surface area (Å²) >= 11 is 8.99. The molecule has 0 bridgehead atoms. The van der Waals surface area contributed by atoms with Gasteiger partial charge < -0.3 is 10.3 Å². The maximum Gasteiger partial charge on any atom is 0.184 e. The monoisotopic (exact) mass is 509 g/mol. The third-order valence-corrected chi connectivity index (χ3v) is 7.39. The molecule has 0 unspecified atom stereocenters. The van der Waals surface area contributed by atoms with E-state index in [0.717, 1.165) is 6.20 Å². The Morgan fingerprint density at radius 1 is 1.23 bits per heavy atom. The van der Waals surface area contributed by atoms with Crippen LogP contribution < -0.4 is 5.73 Å². The summed E-state index contributed by atoms with van der Waals surface area (Å²) in [6.07, 6.45) is 4.17. The summed E-state index contributed by atoms with van der Waals surface area (Å²) in [6, 6.07) is 5.93. The summed E-state index contributed by atoms with van der Waals surface area (Å²) in [5.41, 5.74) is 7.26. The smallest absolute Gasteiger partial charge is 0.184 e. The Hall–Kier alpha value is -2.56. The van der Waals surface area contributed by atoms with Gasteiger partial charge in [0.05, 0.1) is 20.5 Å². The number of aromatic nitrogens is 4. The molecule has 4 rings (SSSR count). The van der Waals surface area contributed by atoms with Gasteiger partial charge in [0.25, 0.3) is 0 Å². The zero-order chi connectivity index (χ0) is 21.6. The molecule has 7 nitrogen and oxygen atoms in total. The molecule has 0 aliphatic rings. The highest BCUT2D eigenvalue weighted by Gasteiger charge is 2.23. The Kier molecular flexibility index (Phi) is 5.25. The summed E-state index contributed by atoms with van der Waals surface area (Å²) in [5, 5.41) is 0.641. The SMILES string of the molecule is Cn1cc(-c2cccc(CS(=O)(=O)c3cnc(Cl)c(Br)c3)c2F)c2c(N)ncnc21. The van der Waals surface area contributed by atoms with Gasteiger partial charge in [-0.1, -0.05) is 29.8 Å². The Labute approximate surface area is 184 Å². The minimum absolute atomic E-state index is 0.0194. The molecular formula is C19H14BrClFN5O2S. The van der Waals surface area contributed by atoms with Gasteiger partial charge in [0.2, 0.25) is 0 Å². The van der Waals surface area contributed by atoms with Crippen LogP contribution in [-0.2, 0) is 22.6 Å². The lowest BCUT2D eigenvalue weighted by atomic mass is 10.0. The van der Waals surface area contributed by atoms with Crippen LogP contribution in [0.5, 0.6) is 0 Å². The summed E-state index contributed by atoms with van der Waals surface area (Å²) in [7, 11) is -2.11. The number of sulfone groups is 1. The predicted octanol–water partition coefficient (Wildman–Crippen LogP) is 4.14. The van der Waals surface area contributed by atoms with Crippen molar-refractivity contribution in [2.45, 2.75) is 10.6 Å². The number of halogens is 3. The minimum Gasteiger partial charge on any atom is -0.383 e. The Bertz CT molecular complexity index is 1410. The van der Waals surface area contributed by atoms with Crippen molar-refractivity contribution >= 4 is 54.2 Å². The van der Waals surface area contributed by atoms with Gasteiger partial charge in [-0.2, -0.15) is 0 Å². The Balaban J connectivity index is 1.81. The molecule has 0 fully saturated rings. The highest BCUT2D eigenvalue weighted by molar-refractivity contribution is 9.10. The molecule has 3 heterocycles. The number of nitrogen functional groups attached to an aromatic ring is 1. The second-order valence-corrected chi connectivity index (χ2v) is 9.79. The van der Waals surface area contributed by atoms with E-state index >= 15 is 4.39 Å². The molecule has 0 aliphatic heterocycles. The van der Waals surface area contributed by atoms with Gasteiger partial charge >= 0.3 is 0 Å². The Morgan fingerprint density at radius 3 is 2.73 bits per heavy atom. The normalized spacial score (nSPS) is 11.9. The largest absolute Gasteiger partial charge is 0.383 e. The van der Waals surface area contributed by atoms with Crippen LogP contribution in [-0.4, -0.2) is 27.9 Å². The number of hydrogen-bond acceptors (Lipinski definition) is 6. The van der Waals surface area contributed by atoms with Crippen molar-refractivity contribution in [1.82, 2.24) is 19.5 Å². The summed E-state index contributed by atoms with van der Waals surface area (Å²) < 4.78 is 43.1. The number of anilines is 1. The third-order valence-electron chi connectivity index (χ3n) is 4.63. The molecule has 154 valence electrons.